The first-order valence-electron chi connectivity index (χ1n) is 9.76. The van der Waals surface area contributed by atoms with Gasteiger partial charge in [-0.05, 0) is 49.2 Å². The fourth-order valence-corrected chi connectivity index (χ4v) is 4.15. The Labute approximate surface area is 163 Å². The molecule has 1 aromatic carbocycles. The van der Waals surface area contributed by atoms with Crippen LogP contribution in [0.1, 0.15) is 31.2 Å². The predicted molar refractivity (Wildman–Crippen MR) is 110 cm³/mol. The van der Waals surface area contributed by atoms with Gasteiger partial charge in [0.1, 0.15) is 11.6 Å². The Kier molecular flexibility index (Phi) is 4.31. The topological polar surface area (TPSA) is 46.0 Å². The number of hydrogen-bond donors (Lipinski definition) is 1. The molecular weight excluding hydrogens is 353 g/mol. The number of hydrogen-bond acceptors (Lipinski definition) is 4. The van der Waals surface area contributed by atoms with Gasteiger partial charge in [-0.25, -0.2) is 14.1 Å². The number of fused-ring (bicyclic) bond motifs is 1. The summed E-state index contributed by atoms with van der Waals surface area (Å²) in [6, 6.07) is 12.4. The van der Waals surface area contributed by atoms with Crippen molar-refractivity contribution in [2.24, 2.45) is 0 Å². The molecule has 2 aromatic heterocycles. The number of aromatic nitrogens is 3. The van der Waals surface area contributed by atoms with Crippen LogP contribution in [0.25, 0.3) is 11.8 Å². The molecule has 1 fully saturated rings. The molecule has 2 aliphatic rings. The van der Waals surface area contributed by atoms with Crippen molar-refractivity contribution < 1.29 is 4.39 Å². The summed E-state index contributed by atoms with van der Waals surface area (Å²) in [5.41, 5.74) is 3.88. The summed E-state index contributed by atoms with van der Waals surface area (Å²) in [4.78, 5) is 6.70. The van der Waals surface area contributed by atoms with E-state index in [1.54, 1.807) is 18.5 Å². The van der Waals surface area contributed by atoms with Crippen LogP contribution >= 0.6 is 0 Å². The lowest BCUT2D eigenvalue weighted by Gasteiger charge is -2.34. The van der Waals surface area contributed by atoms with Gasteiger partial charge in [-0.15, -0.1) is 0 Å². The predicted octanol–water partition coefficient (Wildman–Crippen LogP) is 5.08. The van der Waals surface area contributed by atoms with E-state index in [9.17, 15) is 4.39 Å². The Morgan fingerprint density at radius 1 is 1.11 bits per heavy atom. The molecule has 1 aliphatic carbocycles. The van der Waals surface area contributed by atoms with Crippen molar-refractivity contribution in [3.05, 3.63) is 66.4 Å². The summed E-state index contributed by atoms with van der Waals surface area (Å²) in [5, 5.41) is 7.61. The standard InChI is InChI=1S/C22H22FN5/c23-17-12-16-14-24-22(13-21(16)27(15-17)19-4-1-2-5-19)26-18-6-8-20(9-7-18)28-11-3-10-25-28/h3,6-14,19H,1-2,4-5,15H2,(H,24,26). The van der Waals surface area contributed by atoms with Crippen molar-refractivity contribution in [3.8, 4) is 5.69 Å². The highest BCUT2D eigenvalue weighted by molar-refractivity contribution is 5.75. The number of pyridine rings is 1. The van der Waals surface area contributed by atoms with Crippen molar-refractivity contribution in [3.63, 3.8) is 0 Å². The second-order valence-corrected chi connectivity index (χ2v) is 7.41. The second kappa shape index (κ2) is 7.11. The highest BCUT2D eigenvalue weighted by Crippen LogP contribution is 2.36. The van der Waals surface area contributed by atoms with Gasteiger partial charge in [-0.3, -0.25) is 0 Å². The lowest BCUT2D eigenvalue weighted by Crippen LogP contribution is -2.36. The smallest absolute Gasteiger partial charge is 0.132 e. The minimum absolute atomic E-state index is 0.0869. The van der Waals surface area contributed by atoms with Crippen LogP contribution in [0.5, 0.6) is 0 Å². The van der Waals surface area contributed by atoms with Gasteiger partial charge >= 0.3 is 0 Å². The van der Waals surface area contributed by atoms with Crippen LogP contribution < -0.4 is 10.2 Å². The maximum absolute atomic E-state index is 14.1. The fourth-order valence-electron chi connectivity index (χ4n) is 4.15. The van der Waals surface area contributed by atoms with E-state index in [1.165, 1.54) is 12.8 Å². The van der Waals surface area contributed by atoms with E-state index in [4.69, 9.17) is 0 Å². The summed E-state index contributed by atoms with van der Waals surface area (Å²) in [5.74, 6) is 0.681. The molecule has 1 aliphatic heterocycles. The SMILES string of the molecule is FC1=Cc2cnc(Nc3ccc(-n4cccn4)cc3)cc2N(C2CCCC2)C1. The number of halogens is 1. The molecule has 0 bridgehead atoms. The molecule has 3 aromatic rings. The van der Waals surface area contributed by atoms with Gasteiger partial charge in [0.05, 0.1) is 12.2 Å². The first-order valence-corrected chi connectivity index (χ1v) is 9.76. The highest BCUT2D eigenvalue weighted by Gasteiger charge is 2.28. The molecular formula is C22H22FN5. The summed E-state index contributed by atoms with van der Waals surface area (Å²) in [6.45, 7) is 0.361. The Balaban J connectivity index is 1.40. The Morgan fingerprint density at radius 3 is 2.68 bits per heavy atom. The summed E-state index contributed by atoms with van der Waals surface area (Å²) >= 11 is 0. The molecule has 3 heterocycles. The van der Waals surface area contributed by atoms with E-state index in [-0.39, 0.29) is 5.83 Å². The normalized spacial score (nSPS) is 16.8. The molecule has 0 spiro atoms. The molecule has 28 heavy (non-hydrogen) atoms. The Morgan fingerprint density at radius 2 is 1.93 bits per heavy atom. The zero-order valence-electron chi connectivity index (χ0n) is 15.6. The molecule has 0 saturated heterocycles. The lowest BCUT2D eigenvalue weighted by atomic mass is 10.1. The van der Waals surface area contributed by atoms with Crippen molar-refractivity contribution in [1.29, 1.82) is 0 Å². The van der Waals surface area contributed by atoms with Gasteiger partial charge in [0.15, 0.2) is 0 Å². The van der Waals surface area contributed by atoms with Crippen molar-refractivity contribution in [2.75, 3.05) is 16.8 Å². The van der Waals surface area contributed by atoms with E-state index in [0.717, 1.165) is 41.3 Å². The molecule has 1 N–H and O–H groups in total. The summed E-state index contributed by atoms with van der Waals surface area (Å²) in [6.07, 6.45) is 11.8. The van der Waals surface area contributed by atoms with Crippen LogP contribution in [-0.4, -0.2) is 27.4 Å². The maximum Gasteiger partial charge on any atom is 0.132 e. The quantitative estimate of drug-likeness (QED) is 0.690. The number of rotatable bonds is 4. The van der Waals surface area contributed by atoms with Crippen molar-refractivity contribution in [1.82, 2.24) is 14.8 Å². The molecule has 142 valence electrons. The van der Waals surface area contributed by atoms with Gasteiger partial charge < -0.3 is 10.2 Å². The third-order valence-corrected chi connectivity index (χ3v) is 5.53. The number of nitrogens with one attached hydrogen (secondary N) is 1. The molecule has 0 radical (unpaired) electrons. The lowest BCUT2D eigenvalue weighted by molar-refractivity contribution is 0.553. The zero-order chi connectivity index (χ0) is 18.9. The first-order chi connectivity index (χ1) is 13.8. The Hall–Kier alpha value is -3.15. The number of benzene rings is 1. The molecule has 0 atom stereocenters. The fraction of sp³-hybridized carbons (Fsp3) is 0.273. The van der Waals surface area contributed by atoms with Gasteiger partial charge in [0.2, 0.25) is 0 Å². The van der Waals surface area contributed by atoms with E-state index < -0.39 is 0 Å². The minimum Gasteiger partial charge on any atom is -0.361 e. The average molecular weight is 375 g/mol. The van der Waals surface area contributed by atoms with Crippen LogP contribution in [0.4, 0.5) is 21.6 Å². The first kappa shape index (κ1) is 17.0. The zero-order valence-corrected chi connectivity index (χ0v) is 15.6. The minimum atomic E-state index is -0.0869. The van der Waals surface area contributed by atoms with Gasteiger partial charge in [-0.2, -0.15) is 5.10 Å². The molecule has 5 rings (SSSR count). The monoisotopic (exact) mass is 375 g/mol. The van der Waals surface area contributed by atoms with Gasteiger partial charge in [0.25, 0.3) is 0 Å². The number of anilines is 3. The van der Waals surface area contributed by atoms with E-state index in [1.807, 2.05) is 47.3 Å². The third kappa shape index (κ3) is 3.26. The van der Waals surface area contributed by atoms with Crippen LogP contribution in [0.15, 0.2) is 60.8 Å². The van der Waals surface area contributed by atoms with E-state index in [0.29, 0.717) is 12.6 Å². The highest BCUT2D eigenvalue weighted by atomic mass is 19.1. The molecule has 6 heteroatoms. The van der Waals surface area contributed by atoms with Crippen LogP contribution in [0.2, 0.25) is 0 Å². The summed E-state index contributed by atoms with van der Waals surface area (Å²) < 4.78 is 16.0. The third-order valence-electron chi connectivity index (χ3n) is 5.53. The van der Waals surface area contributed by atoms with Crippen LogP contribution in [0, 0.1) is 0 Å². The Bertz CT molecular complexity index is 988. The largest absolute Gasteiger partial charge is 0.361 e. The van der Waals surface area contributed by atoms with Gasteiger partial charge in [-0.1, -0.05) is 12.8 Å². The average Bonchev–Trinajstić information content (AvgIpc) is 3.42. The maximum atomic E-state index is 14.1. The molecule has 5 nitrogen and oxygen atoms in total. The van der Waals surface area contributed by atoms with E-state index in [2.05, 4.69) is 20.3 Å². The van der Waals surface area contributed by atoms with Crippen LogP contribution in [0.3, 0.4) is 0 Å². The molecule has 0 amide bonds. The summed E-state index contributed by atoms with van der Waals surface area (Å²) in [7, 11) is 0. The molecule has 0 unspecified atom stereocenters. The molecule has 1 saturated carbocycles. The number of nitrogens with zero attached hydrogens (tertiary/aromatic N) is 4. The van der Waals surface area contributed by atoms with Crippen LogP contribution in [-0.2, 0) is 0 Å². The van der Waals surface area contributed by atoms with E-state index >= 15 is 0 Å². The van der Waals surface area contributed by atoms with Crippen molar-refractivity contribution >= 4 is 23.3 Å². The van der Waals surface area contributed by atoms with Crippen molar-refractivity contribution in [2.45, 2.75) is 31.7 Å². The van der Waals surface area contributed by atoms with Gasteiger partial charge in [0, 0.05) is 47.6 Å². The second-order valence-electron chi connectivity index (χ2n) is 7.41.